The fraction of sp³-hybridized carbons (Fsp3) is 0. The van der Waals surface area contributed by atoms with Crippen molar-refractivity contribution in [3.8, 4) is 11.1 Å². The van der Waals surface area contributed by atoms with Crippen molar-refractivity contribution in [2.45, 2.75) is 0 Å². The lowest BCUT2D eigenvalue weighted by atomic mass is 9.98. The van der Waals surface area contributed by atoms with Crippen LogP contribution in [0.25, 0.3) is 64.0 Å². The van der Waals surface area contributed by atoms with Gasteiger partial charge in [0.05, 0.1) is 10.4 Å². The molecule has 0 saturated carbocycles. The lowest BCUT2D eigenvalue weighted by Gasteiger charge is -2.26. The zero-order chi connectivity index (χ0) is 37.0. The summed E-state index contributed by atoms with van der Waals surface area (Å²) < 4.78 is 8.90. The van der Waals surface area contributed by atoms with E-state index in [9.17, 15) is 0 Å². The van der Waals surface area contributed by atoms with Crippen molar-refractivity contribution >= 4 is 98.3 Å². The zero-order valence-corrected chi connectivity index (χ0v) is 31.2. The van der Waals surface area contributed by atoms with Gasteiger partial charge >= 0.3 is 0 Å². The van der Waals surface area contributed by atoms with Gasteiger partial charge in [-0.3, -0.25) is 0 Å². The largest absolute Gasteiger partial charge is 0.456 e. The Kier molecular flexibility index (Phi) is 7.68. The molecule has 0 bridgehead atoms. The molecule has 0 saturated heterocycles. The fourth-order valence-electron chi connectivity index (χ4n) is 8.24. The van der Waals surface area contributed by atoms with Crippen molar-refractivity contribution in [1.82, 2.24) is 0 Å². The summed E-state index contributed by atoms with van der Waals surface area (Å²) in [5, 5.41) is 7.23. The van der Waals surface area contributed by atoms with Gasteiger partial charge in [0, 0.05) is 60.7 Å². The first-order chi connectivity index (χ1) is 27.8. The summed E-state index contributed by atoms with van der Waals surface area (Å²) in [6, 6.07) is 73.8. The predicted octanol–water partition coefficient (Wildman–Crippen LogP) is 15.7. The average Bonchev–Trinajstić information content (AvgIpc) is 3.83. The standard InChI is InChI=1S/C52H34N2OS/c1-3-15-37(16-4-1)54(38-17-5-2-6-18-38)48-23-12-22-47-46-32-30-41(34-51(46)56-52(47)48)53(40-29-31-45-44-20-9-10-24-49(44)55-50(45)33-40)39-27-25-36(26-28-39)43-21-11-14-35-13-7-8-19-42(35)43/h1-34H. The van der Waals surface area contributed by atoms with E-state index in [-0.39, 0.29) is 0 Å². The topological polar surface area (TPSA) is 19.6 Å². The Morgan fingerprint density at radius 1 is 0.357 bits per heavy atom. The van der Waals surface area contributed by atoms with Crippen LogP contribution in [0.4, 0.5) is 34.1 Å². The Morgan fingerprint density at radius 3 is 1.71 bits per heavy atom. The normalized spacial score (nSPS) is 11.6. The number of fused-ring (bicyclic) bond motifs is 7. The van der Waals surface area contributed by atoms with Crippen molar-refractivity contribution in [1.29, 1.82) is 0 Å². The number of para-hydroxylation sites is 3. The van der Waals surface area contributed by atoms with E-state index < -0.39 is 0 Å². The molecule has 9 aromatic carbocycles. The molecule has 11 rings (SSSR count). The van der Waals surface area contributed by atoms with Crippen molar-refractivity contribution in [2.24, 2.45) is 0 Å². The van der Waals surface area contributed by atoms with Crippen LogP contribution in [0.2, 0.25) is 0 Å². The predicted molar refractivity (Wildman–Crippen MR) is 239 cm³/mol. The van der Waals surface area contributed by atoms with Crippen LogP contribution in [-0.2, 0) is 0 Å². The Labute approximate surface area is 328 Å². The van der Waals surface area contributed by atoms with E-state index in [0.29, 0.717) is 0 Å². The van der Waals surface area contributed by atoms with Gasteiger partial charge in [0.1, 0.15) is 11.2 Å². The highest BCUT2D eigenvalue weighted by molar-refractivity contribution is 7.26. The second-order valence-corrected chi connectivity index (χ2v) is 15.2. The Hall–Kier alpha value is -7.14. The molecule has 3 nitrogen and oxygen atoms in total. The van der Waals surface area contributed by atoms with Crippen LogP contribution in [0, 0.1) is 0 Å². The van der Waals surface area contributed by atoms with E-state index in [1.165, 1.54) is 47.8 Å². The number of anilines is 6. The molecule has 0 aliphatic rings. The zero-order valence-electron chi connectivity index (χ0n) is 30.3. The van der Waals surface area contributed by atoms with Gasteiger partial charge in [0.15, 0.2) is 0 Å². The minimum Gasteiger partial charge on any atom is -0.456 e. The van der Waals surface area contributed by atoms with Crippen LogP contribution in [0.5, 0.6) is 0 Å². The minimum absolute atomic E-state index is 0.871. The highest BCUT2D eigenvalue weighted by Crippen LogP contribution is 2.47. The molecule has 0 fully saturated rings. The van der Waals surface area contributed by atoms with Gasteiger partial charge in [-0.2, -0.15) is 0 Å². The van der Waals surface area contributed by atoms with E-state index in [1.54, 1.807) is 0 Å². The Morgan fingerprint density at radius 2 is 0.929 bits per heavy atom. The molecule has 0 aliphatic heterocycles. The maximum Gasteiger partial charge on any atom is 0.137 e. The van der Waals surface area contributed by atoms with Crippen molar-refractivity contribution in [2.75, 3.05) is 9.80 Å². The lowest BCUT2D eigenvalue weighted by Crippen LogP contribution is -2.09. The van der Waals surface area contributed by atoms with Crippen molar-refractivity contribution in [3.63, 3.8) is 0 Å². The number of thiophene rings is 1. The minimum atomic E-state index is 0.871. The van der Waals surface area contributed by atoms with E-state index in [0.717, 1.165) is 50.4 Å². The van der Waals surface area contributed by atoms with E-state index in [1.807, 2.05) is 23.5 Å². The van der Waals surface area contributed by atoms with Gasteiger partial charge < -0.3 is 14.2 Å². The van der Waals surface area contributed by atoms with Gasteiger partial charge in [-0.05, 0) is 94.7 Å². The van der Waals surface area contributed by atoms with Crippen LogP contribution in [0.15, 0.2) is 211 Å². The highest BCUT2D eigenvalue weighted by Gasteiger charge is 2.20. The highest BCUT2D eigenvalue weighted by atomic mass is 32.1. The second kappa shape index (κ2) is 13.3. The first-order valence-electron chi connectivity index (χ1n) is 18.9. The molecule has 0 spiro atoms. The van der Waals surface area contributed by atoms with Crippen LogP contribution >= 0.6 is 11.3 Å². The SMILES string of the molecule is c1ccc(N(c2ccccc2)c2cccc3c2sc2cc(N(c4ccc(-c5cccc6ccccc56)cc4)c4ccc5c(c4)oc4ccccc45)ccc23)cc1. The molecule has 0 N–H and O–H groups in total. The number of hydrogen-bond donors (Lipinski definition) is 0. The first kappa shape index (κ1) is 32.3. The summed E-state index contributed by atoms with van der Waals surface area (Å²) in [5.74, 6) is 0. The van der Waals surface area contributed by atoms with Crippen LogP contribution in [0.1, 0.15) is 0 Å². The molecular formula is C52H34N2OS. The van der Waals surface area contributed by atoms with E-state index >= 15 is 0 Å². The summed E-state index contributed by atoms with van der Waals surface area (Å²) in [6.07, 6.45) is 0. The summed E-state index contributed by atoms with van der Waals surface area (Å²) in [7, 11) is 0. The maximum absolute atomic E-state index is 6.42. The van der Waals surface area contributed by atoms with Crippen molar-refractivity contribution in [3.05, 3.63) is 206 Å². The first-order valence-corrected chi connectivity index (χ1v) is 19.7. The van der Waals surface area contributed by atoms with Crippen LogP contribution < -0.4 is 9.80 Å². The lowest BCUT2D eigenvalue weighted by molar-refractivity contribution is 0.669. The number of furan rings is 1. The van der Waals surface area contributed by atoms with Gasteiger partial charge in [-0.15, -0.1) is 11.3 Å². The smallest absolute Gasteiger partial charge is 0.137 e. The van der Waals surface area contributed by atoms with Crippen molar-refractivity contribution < 1.29 is 4.42 Å². The van der Waals surface area contributed by atoms with Crippen LogP contribution in [0.3, 0.4) is 0 Å². The van der Waals surface area contributed by atoms with E-state index in [2.05, 4.69) is 204 Å². The summed E-state index contributed by atoms with van der Waals surface area (Å²) >= 11 is 1.85. The summed E-state index contributed by atoms with van der Waals surface area (Å²) in [5.41, 5.74) is 10.8. The number of benzene rings is 9. The third-order valence-electron chi connectivity index (χ3n) is 10.8. The average molecular weight is 735 g/mol. The third-order valence-corrected chi connectivity index (χ3v) is 12.0. The molecule has 56 heavy (non-hydrogen) atoms. The Bertz CT molecular complexity index is 3160. The van der Waals surface area contributed by atoms with Gasteiger partial charge in [-0.25, -0.2) is 0 Å². The van der Waals surface area contributed by atoms with Gasteiger partial charge in [-0.1, -0.05) is 127 Å². The maximum atomic E-state index is 6.42. The fourth-order valence-corrected chi connectivity index (χ4v) is 9.48. The molecule has 2 heterocycles. The molecule has 0 unspecified atom stereocenters. The number of hydrogen-bond acceptors (Lipinski definition) is 4. The van der Waals surface area contributed by atoms with Gasteiger partial charge in [0.2, 0.25) is 0 Å². The summed E-state index contributed by atoms with van der Waals surface area (Å²) in [4.78, 5) is 4.72. The molecule has 4 heteroatoms. The molecule has 0 radical (unpaired) electrons. The third kappa shape index (κ3) is 5.42. The molecule has 264 valence electrons. The van der Waals surface area contributed by atoms with Crippen LogP contribution in [-0.4, -0.2) is 0 Å². The number of rotatable bonds is 7. The van der Waals surface area contributed by atoms with Gasteiger partial charge in [0.25, 0.3) is 0 Å². The second-order valence-electron chi connectivity index (χ2n) is 14.1. The Balaban J connectivity index is 1.07. The molecule has 2 aromatic heterocycles. The summed E-state index contributed by atoms with van der Waals surface area (Å²) in [6.45, 7) is 0. The number of nitrogens with zero attached hydrogens (tertiary/aromatic N) is 2. The monoisotopic (exact) mass is 734 g/mol. The quantitative estimate of drug-likeness (QED) is 0.163. The molecule has 0 aliphatic carbocycles. The molecular weight excluding hydrogens is 701 g/mol. The molecule has 0 atom stereocenters. The van der Waals surface area contributed by atoms with E-state index in [4.69, 9.17) is 4.42 Å². The molecule has 0 amide bonds. The molecule has 11 aromatic rings.